The van der Waals surface area contributed by atoms with Crippen molar-refractivity contribution in [2.45, 2.75) is 26.1 Å². The monoisotopic (exact) mass is 414 g/mol. The SMILES string of the molecule is COc1ccc(N2CCN(C3=NC4C(C(=O)NC(=O)N4C)N3CC(C)C)CC2)cc1. The van der Waals surface area contributed by atoms with E-state index in [1.165, 1.54) is 10.6 Å². The first kappa shape index (κ1) is 20.3. The lowest BCUT2D eigenvalue weighted by Gasteiger charge is -2.41. The Kier molecular flexibility index (Phi) is 5.44. The fourth-order valence-electron chi connectivity index (χ4n) is 4.32. The van der Waals surface area contributed by atoms with Crippen LogP contribution in [0.3, 0.4) is 0 Å². The summed E-state index contributed by atoms with van der Waals surface area (Å²) < 4.78 is 5.25. The number of nitrogens with one attached hydrogen (secondary N) is 1. The molecule has 30 heavy (non-hydrogen) atoms. The van der Waals surface area contributed by atoms with Crippen molar-refractivity contribution >= 4 is 23.6 Å². The molecule has 0 aliphatic carbocycles. The van der Waals surface area contributed by atoms with Gasteiger partial charge in [-0.3, -0.25) is 10.1 Å². The number of ether oxygens (including phenoxy) is 1. The molecule has 0 bridgehead atoms. The number of anilines is 1. The Morgan fingerprint density at radius 3 is 2.33 bits per heavy atom. The van der Waals surface area contributed by atoms with E-state index in [1.807, 2.05) is 12.1 Å². The van der Waals surface area contributed by atoms with Crippen LogP contribution in [-0.4, -0.2) is 91.7 Å². The molecule has 3 heterocycles. The molecule has 2 saturated heterocycles. The predicted molar refractivity (Wildman–Crippen MR) is 115 cm³/mol. The Balaban J connectivity index is 1.50. The van der Waals surface area contributed by atoms with Gasteiger partial charge in [0, 0.05) is 45.5 Å². The number of imide groups is 1. The topological polar surface area (TPSA) is 80.7 Å². The maximum atomic E-state index is 12.6. The maximum Gasteiger partial charge on any atom is 0.325 e. The summed E-state index contributed by atoms with van der Waals surface area (Å²) in [5, 5.41) is 2.46. The minimum atomic E-state index is -0.473. The normalized spacial score (nSPS) is 24.2. The number of methoxy groups -OCH3 is 1. The van der Waals surface area contributed by atoms with Gasteiger partial charge in [0.25, 0.3) is 5.91 Å². The molecule has 2 fully saturated rings. The lowest BCUT2D eigenvalue weighted by Crippen LogP contribution is -2.65. The minimum absolute atomic E-state index is 0.264. The molecule has 0 radical (unpaired) electrons. The Bertz CT molecular complexity index is 832. The quantitative estimate of drug-likeness (QED) is 0.793. The van der Waals surface area contributed by atoms with Crippen LogP contribution in [0.15, 0.2) is 29.3 Å². The molecule has 1 N–H and O–H groups in total. The summed E-state index contributed by atoms with van der Waals surface area (Å²) in [5.41, 5.74) is 1.17. The van der Waals surface area contributed by atoms with Crippen LogP contribution in [0, 0.1) is 5.92 Å². The van der Waals surface area contributed by atoms with Crippen molar-refractivity contribution in [3.05, 3.63) is 24.3 Å². The number of likely N-dealkylation sites (N-methyl/N-ethyl adjacent to an activating group) is 1. The van der Waals surface area contributed by atoms with Crippen LogP contribution in [0.1, 0.15) is 13.8 Å². The number of benzene rings is 1. The van der Waals surface area contributed by atoms with Gasteiger partial charge in [0.1, 0.15) is 5.75 Å². The van der Waals surface area contributed by atoms with E-state index < -0.39 is 12.2 Å². The van der Waals surface area contributed by atoms with E-state index in [9.17, 15) is 9.59 Å². The average molecular weight is 415 g/mol. The number of piperazine rings is 1. The zero-order valence-corrected chi connectivity index (χ0v) is 18.0. The first-order chi connectivity index (χ1) is 14.4. The second-order valence-corrected chi connectivity index (χ2v) is 8.41. The van der Waals surface area contributed by atoms with E-state index >= 15 is 0 Å². The number of amides is 3. The minimum Gasteiger partial charge on any atom is -0.497 e. The molecule has 2 atom stereocenters. The van der Waals surface area contributed by atoms with Gasteiger partial charge in [0.05, 0.1) is 7.11 Å². The zero-order chi connectivity index (χ0) is 21.4. The van der Waals surface area contributed by atoms with Gasteiger partial charge in [-0.05, 0) is 30.2 Å². The smallest absolute Gasteiger partial charge is 0.325 e. The van der Waals surface area contributed by atoms with E-state index in [0.717, 1.165) is 37.9 Å². The molecular weight excluding hydrogens is 384 g/mol. The number of hydrogen-bond acceptors (Lipinski definition) is 7. The van der Waals surface area contributed by atoms with Crippen molar-refractivity contribution in [1.82, 2.24) is 20.0 Å². The highest BCUT2D eigenvalue weighted by Crippen LogP contribution is 2.27. The number of carbonyl (C=O) groups excluding carboxylic acids is 2. The summed E-state index contributed by atoms with van der Waals surface area (Å²) in [6.07, 6.45) is -0.473. The van der Waals surface area contributed by atoms with Gasteiger partial charge < -0.3 is 24.3 Å². The molecule has 0 saturated carbocycles. The standard InChI is InChI=1S/C21H30N6O3/c1-14(2)13-27-17-18(24(3)21(29)23-19(17)28)22-20(27)26-11-9-25(10-12-26)15-5-7-16(30-4)8-6-15/h5-8,14,17-18H,9-13H2,1-4H3,(H,23,28,29). The van der Waals surface area contributed by atoms with Gasteiger partial charge in [-0.15, -0.1) is 0 Å². The summed E-state index contributed by atoms with van der Waals surface area (Å²) in [5.74, 6) is 1.77. The van der Waals surface area contributed by atoms with Crippen LogP contribution in [0.5, 0.6) is 5.75 Å². The lowest BCUT2D eigenvalue weighted by atomic mass is 10.1. The zero-order valence-electron chi connectivity index (χ0n) is 18.0. The fourth-order valence-corrected chi connectivity index (χ4v) is 4.32. The highest BCUT2D eigenvalue weighted by atomic mass is 16.5. The molecule has 3 aliphatic rings. The number of rotatable bonds is 4. The molecule has 2 unspecified atom stereocenters. The molecule has 1 aromatic rings. The highest BCUT2D eigenvalue weighted by Gasteiger charge is 2.49. The molecule has 3 amide bonds. The fraction of sp³-hybridized carbons (Fsp3) is 0.571. The van der Waals surface area contributed by atoms with Gasteiger partial charge in [0.2, 0.25) is 0 Å². The summed E-state index contributed by atoms with van der Waals surface area (Å²) in [7, 11) is 3.36. The number of guanidine groups is 1. The summed E-state index contributed by atoms with van der Waals surface area (Å²) in [6, 6.07) is 7.25. The van der Waals surface area contributed by atoms with Crippen LogP contribution in [0.25, 0.3) is 0 Å². The first-order valence-electron chi connectivity index (χ1n) is 10.4. The third-order valence-corrected chi connectivity index (χ3v) is 5.90. The van der Waals surface area contributed by atoms with E-state index in [2.05, 4.69) is 46.0 Å². The third-order valence-electron chi connectivity index (χ3n) is 5.90. The van der Waals surface area contributed by atoms with Crippen molar-refractivity contribution in [3.63, 3.8) is 0 Å². The molecule has 0 aromatic heterocycles. The van der Waals surface area contributed by atoms with Gasteiger partial charge in [-0.25, -0.2) is 9.79 Å². The van der Waals surface area contributed by atoms with Crippen molar-refractivity contribution in [1.29, 1.82) is 0 Å². The van der Waals surface area contributed by atoms with Crippen molar-refractivity contribution < 1.29 is 14.3 Å². The van der Waals surface area contributed by atoms with Crippen LogP contribution < -0.4 is 15.0 Å². The second-order valence-electron chi connectivity index (χ2n) is 8.41. The van der Waals surface area contributed by atoms with Crippen LogP contribution in [0.2, 0.25) is 0 Å². The van der Waals surface area contributed by atoms with Gasteiger partial charge >= 0.3 is 6.03 Å². The number of aliphatic imine (C=N–C) groups is 1. The van der Waals surface area contributed by atoms with Gasteiger partial charge in [-0.2, -0.15) is 0 Å². The van der Waals surface area contributed by atoms with Crippen molar-refractivity contribution in [2.24, 2.45) is 10.9 Å². The molecular formula is C21H30N6O3. The van der Waals surface area contributed by atoms with Crippen LogP contribution in [0.4, 0.5) is 10.5 Å². The van der Waals surface area contributed by atoms with Crippen molar-refractivity contribution in [2.75, 3.05) is 51.8 Å². The number of nitrogens with zero attached hydrogens (tertiary/aromatic N) is 5. The number of fused-ring (bicyclic) bond motifs is 1. The largest absolute Gasteiger partial charge is 0.497 e. The summed E-state index contributed by atoms with van der Waals surface area (Å²) >= 11 is 0. The molecule has 1 aromatic carbocycles. The molecule has 162 valence electrons. The number of urea groups is 1. The van der Waals surface area contributed by atoms with E-state index in [0.29, 0.717) is 12.5 Å². The summed E-state index contributed by atoms with van der Waals surface area (Å²) in [4.78, 5) is 37.8. The maximum absolute atomic E-state index is 12.6. The number of carbonyl (C=O) groups is 2. The average Bonchev–Trinajstić information content (AvgIpc) is 3.11. The van der Waals surface area contributed by atoms with Gasteiger partial charge in [-0.1, -0.05) is 13.8 Å². The lowest BCUT2D eigenvalue weighted by molar-refractivity contribution is -0.127. The van der Waals surface area contributed by atoms with Crippen LogP contribution in [-0.2, 0) is 4.79 Å². The number of hydrogen-bond donors (Lipinski definition) is 1. The van der Waals surface area contributed by atoms with Gasteiger partial charge in [0.15, 0.2) is 18.2 Å². The summed E-state index contributed by atoms with van der Waals surface area (Å²) in [6.45, 7) is 8.29. The predicted octanol–water partition coefficient (Wildman–Crippen LogP) is 1.02. The Hall–Kier alpha value is -2.97. The highest BCUT2D eigenvalue weighted by molar-refractivity contribution is 6.03. The Labute approximate surface area is 177 Å². The first-order valence-corrected chi connectivity index (χ1v) is 10.4. The van der Waals surface area contributed by atoms with E-state index in [-0.39, 0.29) is 11.9 Å². The van der Waals surface area contributed by atoms with Crippen LogP contribution >= 0.6 is 0 Å². The molecule has 9 nitrogen and oxygen atoms in total. The molecule has 0 spiro atoms. The Morgan fingerprint density at radius 1 is 1.10 bits per heavy atom. The Morgan fingerprint density at radius 2 is 1.73 bits per heavy atom. The molecule has 3 aliphatic heterocycles. The second kappa shape index (κ2) is 8.04. The van der Waals surface area contributed by atoms with E-state index in [1.54, 1.807) is 14.2 Å². The van der Waals surface area contributed by atoms with Crippen molar-refractivity contribution in [3.8, 4) is 5.75 Å². The third kappa shape index (κ3) is 3.64. The van der Waals surface area contributed by atoms with E-state index in [4.69, 9.17) is 9.73 Å². The molecule has 4 rings (SSSR count). The molecule has 9 heteroatoms.